The topological polar surface area (TPSA) is 37.6 Å². The molecule has 4 nitrogen and oxygen atoms in total. The van der Waals surface area contributed by atoms with Crippen LogP contribution in [0.1, 0.15) is 21.6 Å². The summed E-state index contributed by atoms with van der Waals surface area (Å²) >= 11 is 0. The van der Waals surface area contributed by atoms with Gasteiger partial charge in [0.25, 0.3) is 5.91 Å². The Morgan fingerprint density at radius 2 is 1.96 bits per heavy atom. The Kier molecular flexibility index (Phi) is 4.24. The lowest BCUT2D eigenvalue weighted by Gasteiger charge is -2.12. The number of rotatable bonds is 4. The van der Waals surface area contributed by atoms with Gasteiger partial charge < -0.3 is 9.30 Å². The Morgan fingerprint density at radius 3 is 2.74 bits per heavy atom. The van der Waals surface area contributed by atoms with E-state index in [0.29, 0.717) is 12.2 Å². The maximum atomic E-state index is 12.5. The molecule has 0 saturated carbocycles. The van der Waals surface area contributed by atoms with Gasteiger partial charge in [0, 0.05) is 26.0 Å². The first-order valence-electron chi connectivity index (χ1n) is 7.56. The summed E-state index contributed by atoms with van der Waals surface area (Å²) in [5.74, 6) is -0.0796. The largest absolute Gasteiger partial charge is 0.337 e. The number of carbonyl (C=O) groups excluding carboxylic acids is 1. The number of hydrogen-bond donors (Lipinski definition) is 0. The van der Waals surface area contributed by atoms with E-state index in [2.05, 4.69) is 4.98 Å². The first-order chi connectivity index (χ1) is 11.1. The molecule has 1 aromatic carbocycles. The second kappa shape index (κ2) is 6.48. The molecule has 4 heteroatoms. The van der Waals surface area contributed by atoms with Crippen LogP contribution in [0.15, 0.2) is 60.9 Å². The summed E-state index contributed by atoms with van der Waals surface area (Å²) in [4.78, 5) is 18.5. The quantitative estimate of drug-likeness (QED) is 0.740. The van der Waals surface area contributed by atoms with Crippen LogP contribution in [0.2, 0.25) is 0 Å². The summed E-state index contributed by atoms with van der Waals surface area (Å²) in [5, 5.41) is 0. The van der Waals surface area contributed by atoms with Gasteiger partial charge in [-0.05, 0) is 24.1 Å². The highest BCUT2D eigenvalue weighted by Crippen LogP contribution is 2.09. The molecule has 0 radical (unpaired) electrons. The molecule has 1 amide bonds. The van der Waals surface area contributed by atoms with Crippen molar-refractivity contribution in [2.75, 3.05) is 13.6 Å². The van der Waals surface area contributed by atoms with E-state index in [4.69, 9.17) is 0 Å². The maximum Gasteiger partial charge on any atom is 0.274 e. The monoisotopic (exact) mass is 305 g/mol. The van der Waals surface area contributed by atoms with Gasteiger partial charge in [0.1, 0.15) is 11.3 Å². The van der Waals surface area contributed by atoms with Gasteiger partial charge in [0.05, 0.1) is 0 Å². The predicted molar refractivity (Wildman–Crippen MR) is 92.4 cm³/mol. The molecule has 116 valence electrons. The van der Waals surface area contributed by atoms with E-state index in [1.807, 2.05) is 72.1 Å². The minimum Gasteiger partial charge on any atom is -0.337 e. The minimum atomic E-state index is -0.0796. The number of hydrogen-bond acceptors (Lipinski definition) is 2. The van der Waals surface area contributed by atoms with E-state index in [1.54, 1.807) is 18.1 Å². The van der Waals surface area contributed by atoms with Crippen LogP contribution in [0.5, 0.6) is 0 Å². The summed E-state index contributed by atoms with van der Waals surface area (Å²) in [5.41, 5.74) is 3.50. The molecule has 0 bridgehead atoms. The number of pyridine rings is 1. The Hall–Kier alpha value is -2.88. The van der Waals surface area contributed by atoms with Crippen LogP contribution in [0, 0.1) is 6.92 Å². The molecule has 0 N–H and O–H groups in total. The van der Waals surface area contributed by atoms with Crippen molar-refractivity contribution in [3.8, 4) is 0 Å². The van der Waals surface area contributed by atoms with Crippen LogP contribution in [0.4, 0.5) is 0 Å². The number of imidazole rings is 1. The molecule has 2 aromatic heterocycles. The Bertz CT molecular complexity index is 849. The van der Waals surface area contributed by atoms with Crippen LogP contribution in [0.3, 0.4) is 0 Å². The van der Waals surface area contributed by atoms with Gasteiger partial charge in [0.15, 0.2) is 0 Å². The molecule has 2 heterocycles. The fourth-order valence-corrected chi connectivity index (χ4v) is 2.40. The van der Waals surface area contributed by atoms with Gasteiger partial charge in [-0.15, -0.1) is 0 Å². The third-order valence-electron chi connectivity index (χ3n) is 3.65. The summed E-state index contributed by atoms with van der Waals surface area (Å²) in [6, 6.07) is 13.9. The summed E-state index contributed by atoms with van der Waals surface area (Å²) < 4.78 is 1.89. The molecule has 0 saturated heterocycles. The summed E-state index contributed by atoms with van der Waals surface area (Å²) in [7, 11) is 1.78. The Labute approximate surface area is 135 Å². The molecule has 23 heavy (non-hydrogen) atoms. The highest BCUT2D eigenvalue weighted by Gasteiger charge is 2.14. The molecule has 0 unspecified atom stereocenters. The first kappa shape index (κ1) is 15.0. The fourth-order valence-electron chi connectivity index (χ4n) is 2.40. The van der Waals surface area contributed by atoms with Crippen molar-refractivity contribution in [3.63, 3.8) is 0 Å². The number of carbonyl (C=O) groups is 1. The first-order valence-corrected chi connectivity index (χ1v) is 7.56. The van der Waals surface area contributed by atoms with Crippen molar-refractivity contribution >= 4 is 17.6 Å². The van der Waals surface area contributed by atoms with Gasteiger partial charge in [-0.2, -0.15) is 0 Å². The molecular formula is C19H19N3O. The van der Waals surface area contributed by atoms with Crippen LogP contribution in [-0.4, -0.2) is 33.8 Å². The van der Waals surface area contributed by atoms with E-state index < -0.39 is 0 Å². The molecule has 0 fully saturated rings. The van der Waals surface area contributed by atoms with Crippen LogP contribution in [-0.2, 0) is 0 Å². The van der Waals surface area contributed by atoms with E-state index >= 15 is 0 Å². The summed E-state index contributed by atoms with van der Waals surface area (Å²) in [6.07, 6.45) is 7.74. The number of aromatic nitrogens is 2. The normalized spacial score (nSPS) is 11.2. The zero-order chi connectivity index (χ0) is 16.2. The van der Waals surface area contributed by atoms with Crippen LogP contribution in [0.25, 0.3) is 11.7 Å². The molecule has 0 atom stereocenters. The Morgan fingerprint density at radius 1 is 1.17 bits per heavy atom. The van der Waals surface area contributed by atoms with Crippen LogP contribution >= 0.6 is 0 Å². The Balaban J connectivity index is 1.69. The fraction of sp³-hybridized carbons (Fsp3) is 0.158. The molecular weight excluding hydrogens is 286 g/mol. The lowest BCUT2D eigenvalue weighted by Crippen LogP contribution is -2.27. The molecule has 0 aliphatic heterocycles. The van der Waals surface area contributed by atoms with E-state index in [9.17, 15) is 4.79 Å². The lowest BCUT2D eigenvalue weighted by molar-refractivity contribution is 0.0805. The SMILES string of the molecule is Cc1ccc2nc(C(=O)N(C)C/C=C/c3ccccc3)cn2c1. The third kappa shape index (κ3) is 3.48. The third-order valence-corrected chi connectivity index (χ3v) is 3.65. The molecule has 3 rings (SSSR count). The van der Waals surface area contributed by atoms with Crippen LogP contribution < -0.4 is 0 Å². The van der Waals surface area contributed by atoms with Crippen molar-refractivity contribution in [3.05, 3.63) is 77.8 Å². The average Bonchev–Trinajstić information content (AvgIpc) is 2.98. The highest BCUT2D eigenvalue weighted by molar-refractivity contribution is 5.92. The second-order valence-corrected chi connectivity index (χ2v) is 5.60. The molecule has 0 aliphatic rings. The van der Waals surface area contributed by atoms with Gasteiger partial charge in [-0.25, -0.2) is 4.98 Å². The lowest BCUT2D eigenvalue weighted by atomic mass is 10.2. The van der Waals surface area contributed by atoms with Crippen molar-refractivity contribution in [2.24, 2.45) is 0 Å². The van der Waals surface area contributed by atoms with E-state index in [1.165, 1.54) is 0 Å². The summed E-state index contributed by atoms with van der Waals surface area (Å²) in [6.45, 7) is 2.56. The van der Waals surface area contributed by atoms with Gasteiger partial charge in [0.2, 0.25) is 0 Å². The second-order valence-electron chi connectivity index (χ2n) is 5.60. The predicted octanol–water partition coefficient (Wildman–Crippen LogP) is 3.43. The standard InChI is InChI=1S/C19H19N3O/c1-15-10-11-18-20-17(14-22(18)13-15)19(23)21(2)12-6-9-16-7-4-3-5-8-16/h3-11,13-14H,12H2,1-2H3/b9-6+. The van der Waals surface area contributed by atoms with Gasteiger partial charge in [-0.3, -0.25) is 4.79 Å². The number of aryl methyl sites for hydroxylation is 1. The van der Waals surface area contributed by atoms with E-state index in [0.717, 1.165) is 16.8 Å². The number of benzene rings is 1. The zero-order valence-corrected chi connectivity index (χ0v) is 13.3. The van der Waals surface area contributed by atoms with Gasteiger partial charge >= 0.3 is 0 Å². The maximum absolute atomic E-state index is 12.5. The smallest absolute Gasteiger partial charge is 0.274 e. The van der Waals surface area contributed by atoms with Gasteiger partial charge in [-0.1, -0.05) is 48.6 Å². The number of amides is 1. The van der Waals surface area contributed by atoms with Crippen molar-refractivity contribution in [2.45, 2.75) is 6.92 Å². The molecule has 0 aliphatic carbocycles. The minimum absolute atomic E-state index is 0.0796. The average molecular weight is 305 g/mol. The van der Waals surface area contributed by atoms with Crippen molar-refractivity contribution < 1.29 is 4.79 Å². The molecule has 3 aromatic rings. The zero-order valence-electron chi connectivity index (χ0n) is 13.3. The number of likely N-dealkylation sites (N-methyl/N-ethyl adjacent to an activating group) is 1. The van der Waals surface area contributed by atoms with E-state index in [-0.39, 0.29) is 5.91 Å². The van der Waals surface area contributed by atoms with Crippen molar-refractivity contribution in [1.82, 2.24) is 14.3 Å². The van der Waals surface area contributed by atoms with Crippen molar-refractivity contribution in [1.29, 1.82) is 0 Å². The number of fused-ring (bicyclic) bond motifs is 1. The highest BCUT2D eigenvalue weighted by atomic mass is 16.2. The number of nitrogens with zero attached hydrogens (tertiary/aromatic N) is 3. The molecule has 0 spiro atoms.